The summed E-state index contributed by atoms with van der Waals surface area (Å²) >= 11 is 7.23. The van der Waals surface area contributed by atoms with E-state index in [1.807, 2.05) is 0 Å². The molecule has 0 spiro atoms. The number of hydrogen-bond donors (Lipinski definition) is 2. The van der Waals surface area contributed by atoms with Gasteiger partial charge in [-0.1, -0.05) is 0 Å². The van der Waals surface area contributed by atoms with E-state index in [2.05, 4.69) is 61.5 Å². The molecule has 4 heteroatoms. The zero-order valence-electron chi connectivity index (χ0n) is 9.32. The van der Waals surface area contributed by atoms with Crippen molar-refractivity contribution in [3.8, 4) is 0 Å². The fourth-order valence-electron chi connectivity index (χ4n) is 2.01. The van der Waals surface area contributed by atoms with Crippen molar-refractivity contribution >= 4 is 37.5 Å². The third-order valence-corrected chi connectivity index (χ3v) is 4.12. The smallest absolute Gasteiger partial charge is 0.0631 e. The molecule has 1 aliphatic rings. The van der Waals surface area contributed by atoms with Gasteiger partial charge in [0.2, 0.25) is 0 Å². The van der Waals surface area contributed by atoms with Crippen molar-refractivity contribution in [2.45, 2.75) is 25.8 Å². The number of nitrogens with one attached hydrogen (secondary N) is 2. The zero-order chi connectivity index (χ0) is 11.5. The van der Waals surface area contributed by atoms with Gasteiger partial charge < -0.3 is 10.6 Å². The molecule has 0 atom stereocenters. The Kier molecular flexibility index (Phi) is 4.27. The summed E-state index contributed by atoms with van der Waals surface area (Å²) in [5.74, 6) is 0. The molecule has 1 aliphatic heterocycles. The summed E-state index contributed by atoms with van der Waals surface area (Å²) < 4.78 is 2.27. The van der Waals surface area contributed by atoms with E-state index in [4.69, 9.17) is 0 Å². The summed E-state index contributed by atoms with van der Waals surface area (Å²) in [5, 5.41) is 6.99. The van der Waals surface area contributed by atoms with E-state index in [1.54, 1.807) is 0 Å². The first-order valence-corrected chi connectivity index (χ1v) is 7.18. The molecule has 2 N–H and O–H groups in total. The van der Waals surface area contributed by atoms with Gasteiger partial charge in [0, 0.05) is 15.0 Å². The summed E-state index contributed by atoms with van der Waals surface area (Å²) in [4.78, 5) is 0. The van der Waals surface area contributed by atoms with Crippen molar-refractivity contribution in [3.05, 3.63) is 26.6 Å². The van der Waals surface area contributed by atoms with Crippen LogP contribution in [0.1, 0.15) is 18.4 Å². The molecule has 16 heavy (non-hydrogen) atoms. The molecule has 0 radical (unpaired) electrons. The van der Waals surface area contributed by atoms with E-state index in [0.717, 1.165) is 22.0 Å². The lowest BCUT2D eigenvalue weighted by Crippen LogP contribution is -2.35. The molecule has 0 bridgehead atoms. The van der Waals surface area contributed by atoms with Gasteiger partial charge in [0.1, 0.15) is 0 Å². The molecule has 1 saturated heterocycles. The summed E-state index contributed by atoms with van der Waals surface area (Å²) in [7, 11) is 0. The summed E-state index contributed by atoms with van der Waals surface area (Å²) in [6.45, 7) is 4.32. The number of aryl methyl sites for hydroxylation is 1. The average Bonchev–Trinajstić information content (AvgIpc) is 2.25. The van der Waals surface area contributed by atoms with Crippen molar-refractivity contribution in [1.82, 2.24) is 5.32 Å². The fraction of sp³-hybridized carbons (Fsp3) is 0.500. The maximum absolute atomic E-state index is 3.62. The van der Waals surface area contributed by atoms with Crippen LogP contribution in [0, 0.1) is 6.92 Å². The minimum Gasteiger partial charge on any atom is -0.380 e. The first-order valence-electron chi connectivity index (χ1n) is 5.59. The summed E-state index contributed by atoms with van der Waals surface area (Å²) in [5.41, 5.74) is 2.44. The van der Waals surface area contributed by atoms with Crippen LogP contribution in [0.4, 0.5) is 5.69 Å². The molecular formula is C12H16Br2N2. The maximum Gasteiger partial charge on any atom is 0.0631 e. The minimum absolute atomic E-state index is 0.580. The van der Waals surface area contributed by atoms with Crippen LogP contribution < -0.4 is 10.6 Å². The highest BCUT2D eigenvalue weighted by Crippen LogP contribution is 2.33. The molecule has 1 fully saturated rings. The summed E-state index contributed by atoms with van der Waals surface area (Å²) in [6, 6.07) is 4.87. The van der Waals surface area contributed by atoms with Gasteiger partial charge in [-0.2, -0.15) is 0 Å². The molecule has 2 rings (SSSR count). The highest BCUT2D eigenvalue weighted by molar-refractivity contribution is 9.11. The van der Waals surface area contributed by atoms with Crippen LogP contribution in [0.2, 0.25) is 0 Å². The molecule has 0 aliphatic carbocycles. The molecular weight excluding hydrogens is 332 g/mol. The monoisotopic (exact) mass is 346 g/mol. The number of benzene rings is 1. The molecule has 0 amide bonds. The lowest BCUT2D eigenvalue weighted by molar-refractivity contribution is 0.479. The van der Waals surface area contributed by atoms with Crippen molar-refractivity contribution in [3.63, 3.8) is 0 Å². The molecule has 0 saturated carbocycles. The Bertz CT molecular complexity index is 350. The number of rotatable bonds is 2. The van der Waals surface area contributed by atoms with Gasteiger partial charge in [0.05, 0.1) is 5.69 Å². The third kappa shape index (κ3) is 2.99. The molecule has 1 aromatic rings. The highest BCUT2D eigenvalue weighted by atomic mass is 79.9. The lowest BCUT2D eigenvalue weighted by atomic mass is 10.1. The van der Waals surface area contributed by atoms with E-state index in [-0.39, 0.29) is 0 Å². The molecule has 2 nitrogen and oxygen atoms in total. The van der Waals surface area contributed by atoms with Gasteiger partial charge in [0.25, 0.3) is 0 Å². The molecule has 1 heterocycles. The van der Waals surface area contributed by atoms with E-state index >= 15 is 0 Å². The average molecular weight is 348 g/mol. The van der Waals surface area contributed by atoms with E-state index < -0.39 is 0 Å². The predicted octanol–water partition coefficient (Wildman–Crippen LogP) is 3.68. The van der Waals surface area contributed by atoms with Crippen LogP contribution >= 0.6 is 31.9 Å². The minimum atomic E-state index is 0.580. The highest BCUT2D eigenvalue weighted by Gasteiger charge is 2.15. The summed E-state index contributed by atoms with van der Waals surface area (Å²) in [6.07, 6.45) is 2.37. The number of anilines is 1. The zero-order valence-corrected chi connectivity index (χ0v) is 12.5. The lowest BCUT2D eigenvalue weighted by Gasteiger charge is -2.26. The van der Waals surface area contributed by atoms with Gasteiger partial charge in [-0.15, -0.1) is 0 Å². The second-order valence-corrected chi connectivity index (χ2v) is 5.98. The van der Waals surface area contributed by atoms with Crippen molar-refractivity contribution in [2.75, 3.05) is 18.4 Å². The van der Waals surface area contributed by atoms with Gasteiger partial charge in [-0.05, 0) is 82.4 Å². The van der Waals surface area contributed by atoms with Crippen molar-refractivity contribution in [2.24, 2.45) is 0 Å². The van der Waals surface area contributed by atoms with Crippen LogP contribution in [0.3, 0.4) is 0 Å². The van der Waals surface area contributed by atoms with Crippen LogP contribution in [0.25, 0.3) is 0 Å². The fourth-order valence-corrected chi connectivity index (χ4v) is 3.65. The normalized spacial score (nSPS) is 17.4. The Labute approximate surface area is 113 Å². The number of piperidine rings is 1. The second-order valence-electron chi connectivity index (χ2n) is 4.27. The van der Waals surface area contributed by atoms with Crippen LogP contribution in [0.5, 0.6) is 0 Å². The molecule has 0 aromatic heterocycles. The Balaban J connectivity index is 2.14. The Morgan fingerprint density at radius 3 is 2.31 bits per heavy atom. The maximum atomic E-state index is 3.62. The quantitative estimate of drug-likeness (QED) is 0.852. The van der Waals surface area contributed by atoms with Crippen molar-refractivity contribution < 1.29 is 0 Å². The van der Waals surface area contributed by atoms with E-state index in [9.17, 15) is 0 Å². The standard InChI is InChI=1S/C12H16Br2N2/c1-8-6-10(13)12(11(14)7-8)16-9-2-4-15-5-3-9/h6-7,9,15-16H,2-5H2,1H3. The van der Waals surface area contributed by atoms with Gasteiger partial charge in [0.15, 0.2) is 0 Å². The van der Waals surface area contributed by atoms with Crippen LogP contribution in [-0.2, 0) is 0 Å². The van der Waals surface area contributed by atoms with E-state index in [1.165, 1.54) is 24.1 Å². The van der Waals surface area contributed by atoms with Crippen LogP contribution in [0.15, 0.2) is 21.1 Å². The first kappa shape index (κ1) is 12.4. The number of halogens is 2. The number of hydrogen-bond acceptors (Lipinski definition) is 2. The van der Waals surface area contributed by atoms with E-state index in [0.29, 0.717) is 6.04 Å². The predicted molar refractivity (Wildman–Crippen MR) is 76.1 cm³/mol. The molecule has 1 aromatic carbocycles. The Morgan fingerprint density at radius 2 is 1.75 bits per heavy atom. The Morgan fingerprint density at radius 1 is 1.19 bits per heavy atom. The topological polar surface area (TPSA) is 24.1 Å². The first-order chi connectivity index (χ1) is 7.66. The molecule has 88 valence electrons. The second kappa shape index (κ2) is 5.52. The third-order valence-electron chi connectivity index (χ3n) is 2.87. The van der Waals surface area contributed by atoms with Gasteiger partial charge in [-0.3, -0.25) is 0 Å². The van der Waals surface area contributed by atoms with Crippen LogP contribution in [-0.4, -0.2) is 19.1 Å². The van der Waals surface area contributed by atoms with Gasteiger partial charge in [-0.25, -0.2) is 0 Å². The SMILES string of the molecule is Cc1cc(Br)c(NC2CCNCC2)c(Br)c1. The Hall–Kier alpha value is -0.0600. The van der Waals surface area contributed by atoms with Gasteiger partial charge >= 0.3 is 0 Å². The molecule has 0 unspecified atom stereocenters. The van der Waals surface area contributed by atoms with Crippen molar-refractivity contribution in [1.29, 1.82) is 0 Å². The largest absolute Gasteiger partial charge is 0.380 e.